The van der Waals surface area contributed by atoms with Gasteiger partial charge in [0.05, 0.1) is 26.5 Å². The van der Waals surface area contributed by atoms with Crippen molar-refractivity contribution in [2.24, 2.45) is 5.10 Å². The first-order chi connectivity index (χ1) is 14.6. The number of aromatic nitrogens is 1. The summed E-state index contributed by atoms with van der Waals surface area (Å²) in [4.78, 5) is 16.9. The first-order valence-electron chi connectivity index (χ1n) is 8.95. The van der Waals surface area contributed by atoms with Crippen LogP contribution in [0.2, 0.25) is 10.0 Å². The van der Waals surface area contributed by atoms with E-state index in [2.05, 4.69) is 21.6 Å². The van der Waals surface area contributed by atoms with E-state index in [0.29, 0.717) is 21.2 Å². The molecule has 0 atom stereocenters. The number of thioether (sulfide) groups is 1. The minimum Gasteiger partial charge on any atom is -0.267 e. The van der Waals surface area contributed by atoms with E-state index in [-0.39, 0.29) is 5.91 Å². The van der Waals surface area contributed by atoms with E-state index in [1.165, 1.54) is 10.9 Å². The number of hydrazone groups is 1. The number of carbonyl (C=O) groups excluding carboxylic acids is 1. The molecule has 0 aliphatic heterocycles. The van der Waals surface area contributed by atoms with Gasteiger partial charge in [0.25, 0.3) is 5.91 Å². The van der Waals surface area contributed by atoms with Gasteiger partial charge in [0.1, 0.15) is 0 Å². The lowest BCUT2D eigenvalue weighted by atomic mass is 10.1. The van der Waals surface area contributed by atoms with Crippen LogP contribution in [0.15, 0.2) is 76.2 Å². The molecule has 0 aliphatic carbocycles. The molecule has 0 saturated heterocycles. The molecule has 0 radical (unpaired) electrons. The van der Waals surface area contributed by atoms with Crippen molar-refractivity contribution in [2.45, 2.75) is 10.1 Å². The van der Waals surface area contributed by atoms with Gasteiger partial charge in [-0.15, -0.1) is 11.3 Å². The molecule has 0 aliphatic rings. The topological polar surface area (TPSA) is 54.4 Å². The summed E-state index contributed by atoms with van der Waals surface area (Å²) in [5.74, 6) is 0.477. The maximum Gasteiger partial charge on any atom is 0.271 e. The number of para-hydroxylation sites is 1. The minimum atomic E-state index is -0.306. The fraction of sp³-hybridized carbons (Fsp3) is 0.0455. The fourth-order valence-corrected chi connectivity index (χ4v) is 5.18. The van der Waals surface area contributed by atoms with Crippen molar-refractivity contribution in [2.75, 3.05) is 0 Å². The normalized spacial score (nSPS) is 11.3. The smallest absolute Gasteiger partial charge is 0.267 e. The third-order valence-electron chi connectivity index (χ3n) is 4.21. The second-order valence-electron chi connectivity index (χ2n) is 6.27. The number of rotatable bonds is 6. The third-order valence-corrected chi connectivity index (χ3v) is 7.12. The highest BCUT2D eigenvalue weighted by Gasteiger charge is 2.07. The van der Waals surface area contributed by atoms with Gasteiger partial charge in [0.15, 0.2) is 4.34 Å². The molecular formula is C22H15Cl2N3OS2. The predicted octanol–water partition coefficient (Wildman–Crippen LogP) is 6.66. The van der Waals surface area contributed by atoms with Crippen molar-refractivity contribution in [3.05, 3.63) is 93.5 Å². The fourth-order valence-electron chi connectivity index (χ4n) is 2.66. The monoisotopic (exact) mass is 471 g/mol. The molecule has 0 bridgehead atoms. The first kappa shape index (κ1) is 20.9. The zero-order valence-corrected chi connectivity index (χ0v) is 18.7. The molecule has 1 heterocycles. The van der Waals surface area contributed by atoms with Crippen molar-refractivity contribution in [1.29, 1.82) is 0 Å². The molecule has 1 N–H and O–H groups in total. The van der Waals surface area contributed by atoms with E-state index in [4.69, 9.17) is 23.2 Å². The summed E-state index contributed by atoms with van der Waals surface area (Å²) in [6.07, 6.45) is 1.44. The average Bonchev–Trinajstić information content (AvgIpc) is 3.18. The highest BCUT2D eigenvalue weighted by atomic mass is 35.5. The quantitative estimate of drug-likeness (QED) is 0.194. The maximum atomic E-state index is 12.3. The molecular weight excluding hydrogens is 457 g/mol. The molecule has 0 unspecified atom stereocenters. The molecule has 150 valence electrons. The molecule has 3 aromatic carbocycles. The Kier molecular flexibility index (Phi) is 6.69. The van der Waals surface area contributed by atoms with E-state index in [1.54, 1.807) is 53.4 Å². The summed E-state index contributed by atoms with van der Waals surface area (Å²) in [5, 5.41) is 4.89. The van der Waals surface area contributed by atoms with Crippen LogP contribution in [0.4, 0.5) is 0 Å². The van der Waals surface area contributed by atoms with E-state index >= 15 is 0 Å². The lowest BCUT2D eigenvalue weighted by Crippen LogP contribution is -2.17. The van der Waals surface area contributed by atoms with Crippen LogP contribution >= 0.6 is 46.3 Å². The Morgan fingerprint density at radius 2 is 1.77 bits per heavy atom. The summed E-state index contributed by atoms with van der Waals surface area (Å²) in [6, 6.07) is 20.7. The summed E-state index contributed by atoms with van der Waals surface area (Å²) in [6.45, 7) is 0. The highest BCUT2D eigenvalue weighted by molar-refractivity contribution is 8.00. The predicted molar refractivity (Wildman–Crippen MR) is 127 cm³/mol. The number of nitrogens with zero attached hydrogens (tertiary/aromatic N) is 2. The van der Waals surface area contributed by atoms with Crippen molar-refractivity contribution < 1.29 is 4.79 Å². The number of thiazole rings is 1. The van der Waals surface area contributed by atoms with Crippen molar-refractivity contribution in [3.8, 4) is 0 Å². The van der Waals surface area contributed by atoms with Crippen LogP contribution in [0.1, 0.15) is 21.5 Å². The van der Waals surface area contributed by atoms with Crippen LogP contribution in [0.3, 0.4) is 0 Å². The first-order valence-corrected chi connectivity index (χ1v) is 11.5. The molecule has 8 heteroatoms. The molecule has 4 nitrogen and oxygen atoms in total. The molecule has 30 heavy (non-hydrogen) atoms. The van der Waals surface area contributed by atoms with Gasteiger partial charge in [-0.1, -0.05) is 65.3 Å². The van der Waals surface area contributed by atoms with Gasteiger partial charge in [-0.3, -0.25) is 4.79 Å². The molecule has 4 aromatic rings. The number of fused-ring (bicyclic) bond motifs is 1. The van der Waals surface area contributed by atoms with Gasteiger partial charge >= 0.3 is 0 Å². The van der Waals surface area contributed by atoms with Gasteiger partial charge in [-0.25, -0.2) is 10.4 Å². The van der Waals surface area contributed by atoms with Crippen LogP contribution in [-0.2, 0) is 5.75 Å². The number of benzene rings is 3. The van der Waals surface area contributed by atoms with Crippen LogP contribution in [-0.4, -0.2) is 17.1 Å². The Labute approximate surface area is 191 Å². The summed E-state index contributed by atoms with van der Waals surface area (Å²) < 4.78 is 2.22. The van der Waals surface area contributed by atoms with Crippen LogP contribution in [0.25, 0.3) is 10.2 Å². The van der Waals surface area contributed by atoms with E-state index in [0.717, 1.165) is 21.2 Å². The second-order valence-corrected chi connectivity index (χ2v) is 9.34. The Balaban J connectivity index is 1.34. The largest absolute Gasteiger partial charge is 0.271 e. The number of hydrogen-bond donors (Lipinski definition) is 1. The molecule has 0 fully saturated rings. The van der Waals surface area contributed by atoms with Gasteiger partial charge in [-0.2, -0.15) is 5.10 Å². The van der Waals surface area contributed by atoms with Crippen molar-refractivity contribution >= 4 is 68.6 Å². The Bertz CT molecular complexity index is 1170. The molecule has 4 rings (SSSR count). The van der Waals surface area contributed by atoms with Crippen LogP contribution < -0.4 is 5.43 Å². The lowest BCUT2D eigenvalue weighted by molar-refractivity contribution is 0.0955. The zero-order chi connectivity index (χ0) is 20.9. The minimum absolute atomic E-state index is 0.306. The highest BCUT2D eigenvalue weighted by Crippen LogP contribution is 2.31. The standard InChI is InChI=1S/C22H15Cl2N3OS2/c23-17-4-3-5-18(24)16(17)12-25-27-21(28)15-10-8-14(9-11-15)13-29-22-26-19-6-1-2-7-20(19)30-22/h1-12H,13H2,(H,27,28)/b25-12+. The van der Waals surface area contributed by atoms with Gasteiger partial charge < -0.3 is 0 Å². The van der Waals surface area contributed by atoms with Crippen LogP contribution in [0, 0.1) is 0 Å². The number of hydrogen-bond acceptors (Lipinski definition) is 5. The third kappa shape index (κ3) is 5.02. The van der Waals surface area contributed by atoms with Gasteiger partial charge in [-0.05, 0) is 42.0 Å². The van der Waals surface area contributed by atoms with Gasteiger partial charge in [0.2, 0.25) is 0 Å². The summed E-state index contributed by atoms with van der Waals surface area (Å²) in [7, 11) is 0. The molecule has 0 saturated carbocycles. The Hall–Kier alpha value is -2.38. The zero-order valence-electron chi connectivity index (χ0n) is 15.5. The van der Waals surface area contributed by atoms with Crippen LogP contribution in [0.5, 0.6) is 0 Å². The SMILES string of the molecule is O=C(N/N=C/c1c(Cl)cccc1Cl)c1ccc(CSc2nc3ccccc3s2)cc1. The Morgan fingerprint density at radius 1 is 1.03 bits per heavy atom. The average molecular weight is 472 g/mol. The lowest BCUT2D eigenvalue weighted by Gasteiger charge is -2.03. The molecule has 1 aromatic heterocycles. The van der Waals surface area contributed by atoms with Crippen molar-refractivity contribution in [1.82, 2.24) is 10.4 Å². The van der Waals surface area contributed by atoms with E-state index < -0.39 is 0 Å². The van der Waals surface area contributed by atoms with E-state index in [9.17, 15) is 4.79 Å². The Morgan fingerprint density at radius 3 is 2.50 bits per heavy atom. The number of halogens is 2. The summed E-state index contributed by atoms with van der Waals surface area (Å²) >= 11 is 15.5. The molecule has 1 amide bonds. The second kappa shape index (κ2) is 9.62. The summed E-state index contributed by atoms with van der Waals surface area (Å²) in [5.41, 5.74) is 5.71. The van der Waals surface area contributed by atoms with E-state index in [1.807, 2.05) is 30.3 Å². The maximum absolute atomic E-state index is 12.3. The number of amides is 1. The number of carbonyl (C=O) groups is 1. The van der Waals surface area contributed by atoms with Crippen molar-refractivity contribution in [3.63, 3.8) is 0 Å². The number of nitrogens with one attached hydrogen (secondary N) is 1. The molecule has 0 spiro atoms. The van der Waals surface area contributed by atoms with Gasteiger partial charge in [0, 0.05) is 16.9 Å².